The van der Waals surface area contributed by atoms with Gasteiger partial charge in [0.1, 0.15) is 40.5 Å². The molecular formula is C53H48BF7N2O9S. The van der Waals surface area contributed by atoms with Crippen LogP contribution in [0.4, 0.5) is 30.7 Å². The van der Waals surface area contributed by atoms with Crippen LogP contribution < -0.4 is 14.9 Å². The van der Waals surface area contributed by atoms with Crippen molar-refractivity contribution in [2.75, 3.05) is 40.4 Å². The van der Waals surface area contributed by atoms with Crippen molar-refractivity contribution in [1.29, 1.82) is 0 Å². The molecule has 382 valence electrons. The van der Waals surface area contributed by atoms with Gasteiger partial charge in [-0.25, -0.2) is 17.6 Å². The first kappa shape index (κ1) is 55.2. The summed E-state index contributed by atoms with van der Waals surface area (Å²) in [5.74, 6) is -1.73. The van der Waals surface area contributed by atoms with Gasteiger partial charge in [0.15, 0.2) is 11.6 Å². The van der Waals surface area contributed by atoms with Crippen LogP contribution >= 0.6 is 0 Å². The highest BCUT2D eigenvalue weighted by atomic mass is 32.2. The van der Waals surface area contributed by atoms with Gasteiger partial charge in [-0.1, -0.05) is 91.0 Å². The predicted octanol–water partition coefficient (Wildman–Crippen LogP) is 9.41. The molecule has 11 nitrogen and oxygen atoms in total. The second kappa shape index (κ2) is 25.0. The first-order chi connectivity index (χ1) is 34.8. The van der Waals surface area contributed by atoms with E-state index in [2.05, 4.69) is 9.08 Å². The molecule has 0 saturated heterocycles. The molecule has 6 aromatic carbocycles. The maximum Gasteiger partial charge on any atom is 0.534 e. The van der Waals surface area contributed by atoms with Gasteiger partial charge in [0.2, 0.25) is 0 Å². The Labute approximate surface area is 417 Å². The zero-order chi connectivity index (χ0) is 52.9. The van der Waals surface area contributed by atoms with Crippen LogP contribution in [0.3, 0.4) is 0 Å². The maximum atomic E-state index is 14.4. The number of carbonyl (C=O) groups is 2. The molecular weight excluding hydrogens is 984 g/mol. The smallest absolute Gasteiger partial charge is 0.497 e. The van der Waals surface area contributed by atoms with E-state index in [9.17, 15) is 48.7 Å². The number of hydrogen-bond acceptors (Lipinski definition) is 11. The van der Waals surface area contributed by atoms with Gasteiger partial charge in [-0.2, -0.15) is 21.6 Å². The molecule has 0 amide bonds. The molecule has 2 aliphatic rings. The average molecular weight is 1030 g/mol. The minimum absolute atomic E-state index is 0.0122. The Morgan fingerprint density at radius 1 is 0.616 bits per heavy atom. The van der Waals surface area contributed by atoms with Gasteiger partial charge >= 0.3 is 22.7 Å². The van der Waals surface area contributed by atoms with E-state index < -0.39 is 57.5 Å². The maximum absolute atomic E-state index is 14.4. The molecule has 8 rings (SSSR count). The Morgan fingerprint density at radius 2 is 1.10 bits per heavy atom. The second-order valence-electron chi connectivity index (χ2n) is 16.4. The van der Waals surface area contributed by atoms with E-state index in [1.807, 2.05) is 48.5 Å². The lowest BCUT2D eigenvalue weighted by Crippen LogP contribution is -2.37. The van der Waals surface area contributed by atoms with Gasteiger partial charge in [-0.3, -0.25) is 19.4 Å². The van der Waals surface area contributed by atoms with Crippen LogP contribution in [-0.2, 0) is 14.3 Å². The van der Waals surface area contributed by atoms with Gasteiger partial charge in [0.05, 0.1) is 39.4 Å². The van der Waals surface area contributed by atoms with Crippen LogP contribution in [0.15, 0.2) is 164 Å². The lowest BCUT2D eigenvalue weighted by Gasteiger charge is -2.34. The number of ether oxygens (including phenoxy) is 2. The molecule has 2 aliphatic heterocycles. The first-order valence-electron chi connectivity index (χ1n) is 22.4. The number of halogens is 7. The fourth-order valence-corrected chi connectivity index (χ4v) is 8.41. The minimum Gasteiger partial charge on any atom is -0.497 e. The molecule has 0 aromatic heterocycles. The van der Waals surface area contributed by atoms with Crippen molar-refractivity contribution in [1.82, 2.24) is 9.80 Å². The lowest BCUT2D eigenvalue weighted by atomic mass is 9.80. The van der Waals surface area contributed by atoms with Crippen molar-refractivity contribution in [2.45, 2.75) is 30.4 Å². The van der Waals surface area contributed by atoms with Crippen molar-refractivity contribution in [2.24, 2.45) is 0 Å². The van der Waals surface area contributed by atoms with Crippen molar-refractivity contribution in [3.8, 4) is 11.5 Å². The van der Waals surface area contributed by atoms with Gasteiger partial charge in [-0.15, -0.1) is 0 Å². The second-order valence-corrected chi connectivity index (χ2v) is 18.0. The van der Waals surface area contributed by atoms with E-state index in [1.54, 1.807) is 78.7 Å². The number of nitrogens with zero attached hydrogens (tertiary/aromatic N) is 2. The van der Waals surface area contributed by atoms with E-state index in [1.165, 1.54) is 19.3 Å². The third kappa shape index (κ3) is 15.0. The number of Topliss-reactive ketones (excluding diaryl/α,β-unsaturated/α-hetero) is 2. The van der Waals surface area contributed by atoms with Crippen molar-refractivity contribution in [3.63, 3.8) is 0 Å². The highest BCUT2D eigenvalue weighted by Crippen LogP contribution is 2.37. The minimum atomic E-state index is -5.78. The Hall–Kier alpha value is -7.10. The third-order valence-electron chi connectivity index (χ3n) is 11.6. The summed E-state index contributed by atoms with van der Waals surface area (Å²) in [4.78, 5) is 29.4. The van der Waals surface area contributed by atoms with E-state index in [-0.39, 0.29) is 55.0 Å². The molecule has 2 N–H and O–H groups in total. The van der Waals surface area contributed by atoms with E-state index in [0.29, 0.717) is 41.2 Å². The molecule has 2 atom stereocenters. The number of benzene rings is 6. The molecule has 0 spiro atoms. The summed E-state index contributed by atoms with van der Waals surface area (Å²) in [5.41, 5.74) is -2.30. The average Bonchev–Trinajstić information content (AvgIpc) is 3.38. The summed E-state index contributed by atoms with van der Waals surface area (Å²) < 4.78 is 129. The van der Waals surface area contributed by atoms with Crippen LogP contribution in [0.2, 0.25) is 0 Å². The number of methoxy groups -OCH3 is 2. The predicted molar refractivity (Wildman–Crippen MR) is 260 cm³/mol. The molecule has 6 aromatic rings. The fraction of sp³-hybridized carbons (Fsp3) is 0.208. The molecule has 0 fully saturated rings. The van der Waals surface area contributed by atoms with Gasteiger partial charge < -0.3 is 23.7 Å². The van der Waals surface area contributed by atoms with Crippen LogP contribution in [0, 0.1) is 23.3 Å². The van der Waals surface area contributed by atoms with E-state index in [4.69, 9.17) is 19.5 Å². The quantitative estimate of drug-likeness (QED) is 0.0354. The summed E-state index contributed by atoms with van der Waals surface area (Å²) in [5, 5.41) is 17.0. The summed E-state index contributed by atoms with van der Waals surface area (Å²) in [7, 11) is -4.68. The van der Waals surface area contributed by atoms with Crippen LogP contribution in [-0.4, -0.2) is 92.9 Å². The monoisotopic (exact) mass is 1030 g/mol. The van der Waals surface area contributed by atoms with Crippen molar-refractivity contribution < 1.29 is 72.4 Å². The SMILES string of the molecule is COc1cccc(C2C=C(OS(=O)(=O)C(F)(F)F)CCN2CC(=O)c2ccccc2)c1.COc1cccc(C2C=C(c3cc(F)ccc3F)CCN2CC(=O)c2ccccc2)c1.OB(O)c1cc(F)ccc1F. The first-order valence-corrected chi connectivity index (χ1v) is 23.8. The largest absolute Gasteiger partial charge is 0.534 e. The standard InChI is InChI=1S/C26H23F2NO2.C21H20F3NO5S.C6H5BF2O2/c1-31-22-9-5-8-20(14-22)25-15-19(23-16-21(27)10-11-24(23)28)12-13-29(25)17-26(30)18-6-3-2-4-7-18;1-29-17-9-5-8-16(12-17)19-13-18(30-31(27,28)21(22,23)24)10-11-25(19)14-20(26)15-6-3-2-4-7-15;8-4-1-2-6(9)5(3-4)7(10)11/h2-11,14-16,25H,12-13,17H2,1H3;2-9,12-13,19H,10-11,14H2,1H3;1-3,10-11H. The van der Waals surface area contributed by atoms with Gasteiger partial charge in [-0.05, 0) is 89.9 Å². The summed E-state index contributed by atoms with van der Waals surface area (Å²) in [6.07, 6.45) is 3.63. The molecule has 20 heteroatoms. The fourth-order valence-electron chi connectivity index (χ4n) is 7.90. The molecule has 2 heterocycles. The molecule has 0 saturated carbocycles. The van der Waals surface area contributed by atoms with Crippen molar-refractivity contribution >= 4 is 39.8 Å². The molecule has 0 radical (unpaired) electrons. The van der Waals surface area contributed by atoms with Gasteiger partial charge in [0, 0.05) is 41.7 Å². The Balaban J connectivity index is 0.000000198. The van der Waals surface area contributed by atoms with Gasteiger partial charge in [0.25, 0.3) is 0 Å². The zero-order valence-electron chi connectivity index (χ0n) is 39.2. The van der Waals surface area contributed by atoms with Crippen LogP contribution in [0.1, 0.15) is 62.3 Å². The number of hydrogen-bond donors (Lipinski definition) is 2. The number of alkyl halides is 3. The summed E-state index contributed by atoms with van der Waals surface area (Å²) >= 11 is 0. The molecule has 2 unspecified atom stereocenters. The topological polar surface area (TPSA) is 143 Å². The van der Waals surface area contributed by atoms with E-state index >= 15 is 0 Å². The normalized spacial score (nSPS) is 16.0. The Kier molecular flexibility index (Phi) is 18.9. The molecule has 0 bridgehead atoms. The Bertz CT molecular complexity index is 3040. The van der Waals surface area contributed by atoms with Crippen molar-refractivity contribution in [3.05, 3.63) is 215 Å². The summed E-state index contributed by atoms with van der Waals surface area (Å²) in [6.45, 7) is 0.880. The van der Waals surface area contributed by atoms with Crippen LogP contribution in [0.5, 0.6) is 11.5 Å². The third-order valence-corrected chi connectivity index (χ3v) is 12.6. The number of carbonyl (C=O) groups excluding carboxylic acids is 2. The number of ketones is 2. The highest BCUT2D eigenvalue weighted by Gasteiger charge is 2.49. The lowest BCUT2D eigenvalue weighted by molar-refractivity contribution is -0.0525. The Morgan fingerprint density at radius 3 is 1.58 bits per heavy atom. The number of rotatable bonds is 14. The highest BCUT2D eigenvalue weighted by molar-refractivity contribution is 7.87. The van der Waals surface area contributed by atoms with Crippen LogP contribution in [0.25, 0.3) is 5.57 Å². The molecule has 0 aliphatic carbocycles. The van der Waals surface area contributed by atoms with E-state index in [0.717, 1.165) is 41.5 Å². The molecule has 73 heavy (non-hydrogen) atoms. The summed E-state index contributed by atoms with van der Waals surface area (Å²) in [6, 6.07) is 37.1. The zero-order valence-corrected chi connectivity index (χ0v) is 40.0.